The minimum Gasteiger partial charge on any atom is -0.492 e. The fourth-order valence-corrected chi connectivity index (χ4v) is 10.1. The standard InChI is InChI=1S/C64H106O6/c1-6-56-49-50-59-60(53-56)64(68-52-44-38-34-30-26-22-18-14-10-8-12-16-20-24-28-32-36-40-48-62(66)70-55(4)5)58-46-42-41-45-57(58)63(59)67-51-43-37-33-29-25-21-17-13-9-7-11-15-19-23-27-31-35-39-47-61(65)69-54(2)3/h41-42,45-46,49-50,53-55H,6-40,43-44,47-48,51-52H2,1-5H3. The Morgan fingerprint density at radius 1 is 0.357 bits per heavy atom. The minimum atomic E-state index is -0.0404. The number of fused-ring (bicyclic) bond motifs is 2. The summed E-state index contributed by atoms with van der Waals surface area (Å²) in [6.45, 7) is 11.4. The second-order valence-electron chi connectivity index (χ2n) is 21.4. The first-order valence-corrected chi connectivity index (χ1v) is 29.9. The molecule has 3 aromatic carbocycles. The number of carbonyl (C=O) groups is 2. The van der Waals surface area contributed by atoms with Crippen molar-refractivity contribution in [3.8, 4) is 11.5 Å². The average molecular weight is 972 g/mol. The summed E-state index contributed by atoms with van der Waals surface area (Å²) in [4.78, 5) is 23.2. The molecule has 0 atom stereocenters. The van der Waals surface area contributed by atoms with Crippen LogP contribution in [0.5, 0.6) is 11.5 Å². The Hall–Kier alpha value is -3.28. The van der Waals surface area contributed by atoms with Gasteiger partial charge in [-0.1, -0.05) is 249 Å². The van der Waals surface area contributed by atoms with Gasteiger partial charge < -0.3 is 18.9 Å². The van der Waals surface area contributed by atoms with Crippen molar-refractivity contribution in [3.63, 3.8) is 0 Å². The number of hydrogen-bond donors (Lipinski definition) is 0. The van der Waals surface area contributed by atoms with Gasteiger partial charge in [-0.05, 0) is 71.4 Å². The molecule has 0 aromatic heterocycles. The first kappa shape index (κ1) is 61.0. The van der Waals surface area contributed by atoms with E-state index in [0.717, 1.165) is 69.7 Å². The molecule has 0 fully saturated rings. The molecule has 0 aliphatic carbocycles. The van der Waals surface area contributed by atoms with Crippen molar-refractivity contribution in [3.05, 3.63) is 48.0 Å². The third-order valence-corrected chi connectivity index (χ3v) is 14.2. The smallest absolute Gasteiger partial charge is 0.306 e. The molecule has 0 saturated carbocycles. The second kappa shape index (κ2) is 41.2. The summed E-state index contributed by atoms with van der Waals surface area (Å²) < 4.78 is 23.8. The van der Waals surface area contributed by atoms with Gasteiger partial charge >= 0.3 is 11.9 Å². The molecule has 70 heavy (non-hydrogen) atoms. The fraction of sp³-hybridized carbons (Fsp3) is 0.750. The highest BCUT2D eigenvalue weighted by molar-refractivity contribution is 6.11. The lowest BCUT2D eigenvalue weighted by molar-refractivity contribution is -0.148. The molecule has 0 bridgehead atoms. The third kappa shape index (κ3) is 29.3. The molecule has 0 N–H and O–H groups in total. The normalized spacial score (nSPS) is 11.6. The number of unbranched alkanes of at least 4 members (excludes halogenated alkanes) is 34. The molecule has 0 spiro atoms. The van der Waals surface area contributed by atoms with Crippen LogP contribution in [0.3, 0.4) is 0 Å². The van der Waals surface area contributed by atoms with Crippen molar-refractivity contribution in [2.24, 2.45) is 0 Å². The number of carbonyl (C=O) groups excluding carboxylic acids is 2. The van der Waals surface area contributed by atoms with Crippen LogP contribution < -0.4 is 9.47 Å². The first-order chi connectivity index (χ1) is 34.3. The highest BCUT2D eigenvalue weighted by Gasteiger charge is 2.17. The van der Waals surface area contributed by atoms with Crippen molar-refractivity contribution in [1.82, 2.24) is 0 Å². The van der Waals surface area contributed by atoms with Crippen LogP contribution >= 0.6 is 0 Å². The molecule has 398 valence electrons. The van der Waals surface area contributed by atoms with Crippen LogP contribution in [0.15, 0.2) is 42.5 Å². The molecule has 0 aliphatic rings. The van der Waals surface area contributed by atoms with Gasteiger partial charge in [0.1, 0.15) is 11.5 Å². The van der Waals surface area contributed by atoms with Crippen molar-refractivity contribution in [2.45, 2.75) is 297 Å². The van der Waals surface area contributed by atoms with Gasteiger partial charge in [-0.2, -0.15) is 0 Å². The second-order valence-corrected chi connectivity index (χ2v) is 21.4. The quantitative estimate of drug-likeness (QED) is 0.0319. The van der Waals surface area contributed by atoms with Crippen molar-refractivity contribution in [2.75, 3.05) is 13.2 Å². The Bertz CT molecular complexity index is 1750. The zero-order valence-corrected chi connectivity index (χ0v) is 46.1. The summed E-state index contributed by atoms with van der Waals surface area (Å²) >= 11 is 0. The number of benzene rings is 3. The van der Waals surface area contributed by atoms with Gasteiger partial charge in [0, 0.05) is 34.4 Å². The molecule has 3 aromatic rings. The Labute approximate surface area is 430 Å². The third-order valence-electron chi connectivity index (χ3n) is 14.2. The molecule has 0 saturated heterocycles. The van der Waals surface area contributed by atoms with Crippen LogP contribution in [-0.4, -0.2) is 37.4 Å². The average Bonchev–Trinajstić information content (AvgIpc) is 3.34. The van der Waals surface area contributed by atoms with E-state index in [-0.39, 0.29) is 24.1 Å². The van der Waals surface area contributed by atoms with E-state index in [4.69, 9.17) is 18.9 Å². The monoisotopic (exact) mass is 971 g/mol. The number of aryl methyl sites for hydroxylation is 1. The number of ether oxygens (including phenoxy) is 4. The number of esters is 2. The van der Waals surface area contributed by atoms with Gasteiger partial charge in [-0.15, -0.1) is 0 Å². The Morgan fingerprint density at radius 3 is 0.929 bits per heavy atom. The van der Waals surface area contributed by atoms with E-state index in [1.165, 1.54) is 220 Å². The van der Waals surface area contributed by atoms with Crippen molar-refractivity contribution < 1.29 is 28.5 Å². The zero-order valence-electron chi connectivity index (χ0n) is 46.1. The first-order valence-electron chi connectivity index (χ1n) is 29.9. The SMILES string of the molecule is CCc1ccc2c(OCCCCCCCCCCCCCCCCCCCCC(=O)OC(C)C)c3ccccc3c(OCCCCCCCCCCCCCCCCCCCCC(=O)OC(C)C)c2c1. The topological polar surface area (TPSA) is 71.1 Å². The molecule has 0 unspecified atom stereocenters. The maximum Gasteiger partial charge on any atom is 0.306 e. The zero-order chi connectivity index (χ0) is 50.1. The summed E-state index contributed by atoms with van der Waals surface area (Å²) in [5, 5.41) is 4.71. The highest BCUT2D eigenvalue weighted by Crippen LogP contribution is 2.43. The van der Waals surface area contributed by atoms with E-state index in [2.05, 4.69) is 49.4 Å². The lowest BCUT2D eigenvalue weighted by Crippen LogP contribution is -2.10. The Balaban J connectivity index is 1.19. The molecule has 3 rings (SSSR count). The van der Waals surface area contributed by atoms with Gasteiger partial charge in [0.05, 0.1) is 25.4 Å². The summed E-state index contributed by atoms with van der Waals surface area (Å²) in [5.41, 5.74) is 1.34. The summed E-state index contributed by atoms with van der Waals surface area (Å²) in [6, 6.07) is 15.6. The summed E-state index contributed by atoms with van der Waals surface area (Å²) in [7, 11) is 0. The van der Waals surface area contributed by atoms with Crippen LogP contribution in [0.4, 0.5) is 0 Å². The van der Waals surface area contributed by atoms with Gasteiger partial charge in [0.15, 0.2) is 0 Å². The van der Waals surface area contributed by atoms with E-state index in [1.807, 2.05) is 27.7 Å². The van der Waals surface area contributed by atoms with Crippen LogP contribution in [-0.2, 0) is 25.5 Å². The Kier molecular flexibility index (Phi) is 35.9. The lowest BCUT2D eigenvalue weighted by Gasteiger charge is -2.18. The molecular formula is C64H106O6. The number of rotatable bonds is 47. The minimum absolute atomic E-state index is 0.00449. The maximum absolute atomic E-state index is 11.6. The molecule has 6 heteroatoms. The summed E-state index contributed by atoms with van der Waals surface area (Å²) in [6.07, 6.45) is 49.0. The maximum atomic E-state index is 11.6. The van der Waals surface area contributed by atoms with Gasteiger partial charge in [0.2, 0.25) is 0 Å². The van der Waals surface area contributed by atoms with Crippen LogP contribution in [0, 0.1) is 0 Å². The van der Waals surface area contributed by atoms with E-state index in [0.29, 0.717) is 12.8 Å². The van der Waals surface area contributed by atoms with Crippen LogP contribution in [0.25, 0.3) is 21.5 Å². The highest BCUT2D eigenvalue weighted by atomic mass is 16.5. The van der Waals surface area contributed by atoms with Crippen molar-refractivity contribution in [1.29, 1.82) is 0 Å². The van der Waals surface area contributed by atoms with Gasteiger partial charge in [-0.3, -0.25) is 9.59 Å². The molecular weight excluding hydrogens is 865 g/mol. The van der Waals surface area contributed by atoms with E-state index < -0.39 is 0 Å². The van der Waals surface area contributed by atoms with E-state index in [1.54, 1.807) is 0 Å². The number of hydrogen-bond acceptors (Lipinski definition) is 6. The van der Waals surface area contributed by atoms with E-state index in [9.17, 15) is 9.59 Å². The van der Waals surface area contributed by atoms with Crippen molar-refractivity contribution >= 4 is 33.5 Å². The lowest BCUT2D eigenvalue weighted by atomic mass is 9.98. The molecule has 0 amide bonds. The molecule has 0 heterocycles. The van der Waals surface area contributed by atoms with Crippen LogP contribution in [0.2, 0.25) is 0 Å². The Morgan fingerprint density at radius 2 is 0.629 bits per heavy atom. The molecule has 0 radical (unpaired) electrons. The fourth-order valence-electron chi connectivity index (χ4n) is 10.1. The predicted molar refractivity (Wildman–Crippen MR) is 300 cm³/mol. The van der Waals surface area contributed by atoms with Crippen LogP contribution in [0.1, 0.15) is 284 Å². The largest absolute Gasteiger partial charge is 0.492 e. The van der Waals surface area contributed by atoms with E-state index >= 15 is 0 Å². The van der Waals surface area contributed by atoms with Gasteiger partial charge in [-0.25, -0.2) is 0 Å². The van der Waals surface area contributed by atoms with Gasteiger partial charge in [0.25, 0.3) is 0 Å². The predicted octanol–water partition coefficient (Wildman–Crippen LogP) is 20.0. The molecule has 0 aliphatic heterocycles. The summed E-state index contributed by atoms with van der Waals surface area (Å²) in [5.74, 6) is 1.97. The molecule has 6 nitrogen and oxygen atoms in total.